The molecule has 0 spiro atoms. The van der Waals surface area contributed by atoms with Gasteiger partial charge < -0.3 is 4.74 Å². The van der Waals surface area contributed by atoms with Gasteiger partial charge in [-0.05, 0) is 24.3 Å². The Kier molecular flexibility index (Phi) is 4.35. The summed E-state index contributed by atoms with van der Waals surface area (Å²) in [6, 6.07) is 23.4. The number of methoxy groups -OCH3 is 1. The second-order valence-electron chi connectivity index (χ2n) is 4.73. The first-order chi connectivity index (χ1) is 10.8. The van der Waals surface area contributed by atoms with Gasteiger partial charge in [-0.3, -0.25) is 0 Å². The Morgan fingerprint density at radius 1 is 0.727 bits per heavy atom. The minimum absolute atomic E-state index is 0.289. The minimum atomic E-state index is -0.319. The van der Waals surface area contributed by atoms with Crippen molar-refractivity contribution in [3.05, 3.63) is 78.6 Å². The van der Waals surface area contributed by atoms with Crippen LogP contribution in [0.15, 0.2) is 72.8 Å². The summed E-state index contributed by atoms with van der Waals surface area (Å²) in [4.78, 5) is 0. The lowest BCUT2D eigenvalue weighted by Gasteiger charge is -1.97. The molecule has 0 radical (unpaired) electrons. The zero-order valence-corrected chi connectivity index (χ0v) is 12.9. The van der Waals surface area contributed by atoms with Gasteiger partial charge in [0.25, 0.3) is 0 Å². The van der Waals surface area contributed by atoms with Crippen LogP contribution in [0.5, 0.6) is 5.75 Å². The van der Waals surface area contributed by atoms with Crippen molar-refractivity contribution in [1.82, 2.24) is 0 Å². The predicted octanol–water partition coefficient (Wildman–Crippen LogP) is 5.89. The van der Waals surface area contributed by atoms with Crippen molar-refractivity contribution in [2.75, 3.05) is 7.11 Å². The van der Waals surface area contributed by atoms with E-state index in [2.05, 4.69) is 53.3 Å². The van der Waals surface area contributed by atoms with E-state index in [0.29, 0.717) is 0 Å². The van der Waals surface area contributed by atoms with Gasteiger partial charge in [0.15, 0.2) is 11.6 Å². The van der Waals surface area contributed by atoms with Gasteiger partial charge in [0.2, 0.25) is 0 Å². The van der Waals surface area contributed by atoms with E-state index in [4.69, 9.17) is 0 Å². The zero-order chi connectivity index (χ0) is 15.4. The quantitative estimate of drug-likeness (QED) is 0.426. The highest BCUT2D eigenvalue weighted by molar-refractivity contribution is 7.25. The molecule has 110 valence electrons. The Balaban J connectivity index is 0.000000142. The fourth-order valence-electron chi connectivity index (χ4n) is 2.29. The molecule has 0 fully saturated rings. The lowest BCUT2D eigenvalue weighted by Crippen LogP contribution is -1.85. The summed E-state index contributed by atoms with van der Waals surface area (Å²) >= 11 is 1.86. The molecule has 3 heteroatoms. The number of hydrogen-bond donors (Lipinski definition) is 0. The van der Waals surface area contributed by atoms with Crippen molar-refractivity contribution in [2.45, 2.75) is 0 Å². The second-order valence-corrected chi connectivity index (χ2v) is 5.81. The third-order valence-electron chi connectivity index (χ3n) is 3.34. The van der Waals surface area contributed by atoms with E-state index in [1.54, 1.807) is 18.2 Å². The maximum atomic E-state index is 12.5. The first-order valence-electron chi connectivity index (χ1n) is 6.94. The van der Waals surface area contributed by atoms with E-state index < -0.39 is 0 Å². The van der Waals surface area contributed by atoms with E-state index in [0.717, 1.165) is 0 Å². The number of fused-ring (bicyclic) bond motifs is 3. The molecule has 0 bridgehead atoms. The lowest BCUT2D eigenvalue weighted by atomic mass is 10.2. The molecule has 3 aromatic carbocycles. The minimum Gasteiger partial charge on any atom is -0.494 e. The summed E-state index contributed by atoms with van der Waals surface area (Å²) in [7, 11) is 1.44. The monoisotopic (exact) mass is 310 g/mol. The topological polar surface area (TPSA) is 9.23 Å². The third-order valence-corrected chi connectivity index (χ3v) is 4.49. The molecule has 0 saturated heterocycles. The number of halogens is 1. The van der Waals surface area contributed by atoms with Gasteiger partial charge in [0.05, 0.1) is 7.11 Å². The Hall–Kier alpha value is -2.39. The SMILES string of the molecule is COc1ccccc1F.c1ccc2c(c1)sc1ccccc12. The molecule has 0 atom stereocenters. The van der Waals surface area contributed by atoms with Crippen LogP contribution in [0.4, 0.5) is 4.39 Å². The van der Waals surface area contributed by atoms with E-state index in [1.165, 1.54) is 33.3 Å². The van der Waals surface area contributed by atoms with Crippen LogP contribution < -0.4 is 4.74 Å². The van der Waals surface area contributed by atoms with E-state index in [9.17, 15) is 4.39 Å². The second kappa shape index (κ2) is 6.58. The molecule has 0 N–H and O–H groups in total. The van der Waals surface area contributed by atoms with Crippen molar-refractivity contribution in [3.63, 3.8) is 0 Å². The molecule has 0 aliphatic rings. The fraction of sp³-hybridized carbons (Fsp3) is 0.0526. The third kappa shape index (κ3) is 2.95. The summed E-state index contributed by atoms with van der Waals surface area (Å²) in [5.41, 5.74) is 0. The van der Waals surface area contributed by atoms with Crippen molar-refractivity contribution in [3.8, 4) is 5.75 Å². The molecular formula is C19H15FOS. The number of hydrogen-bond acceptors (Lipinski definition) is 2. The maximum Gasteiger partial charge on any atom is 0.165 e. The molecule has 4 rings (SSSR count). The number of thiophene rings is 1. The Morgan fingerprint density at radius 2 is 1.23 bits per heavy atom. The van der Waals surface area contributed by atoms with Crippen LogP contribution >= 0.6 is 11.3 Å². The summed E-state index contributed by atoms with van der Waals surface area (Å²) in [6.45, 7) is 0. The highest BCUT2D eigenvalue weighted by atomic mass is 32.1. The van der Waals surface area contributed by atoms with Gasteiger partial charge >= 0.3 is 0 Å². The number of para-hydroxylation sites is 1. The molecule has 0 saturated carbocycles. The molecule has 0 amide bonds. The highest BCUT2D eigenvalue weighted by Gasteiger charge is 2.01. The van der Waals surface area contributed by atoms with Crippen LogP contribution in [-0.4, -0.2) is 7.11 Å². The molecule has 1 heterocycles. The lowest BCUT2D eigenvalue weighted by molar-refractivity contribution is 0.386. The zero-order valence-electron chi connectivity index (χ0n) is 12.1. The largest absolute Gasteiger partial charge is 0.494 e. The van der Waals surface area contributed by atoms with Gasteiger partial charge in [-0.15, -0.1) is 11.3 Å². The Morgan fingerprint density at radius 3 is 1.73 bits per heavy atom. The predicted molar refractivity (Wildman–Crippen MR) is 92.3 cm³/mol. The fourth-order valence-corrected chi connectivity index (χ4v) is 3.39. The smallest absolute Gasteiger partial charge is 0.165 e. The van der Waals surface area contributed by atoms with E-state index >= 15 is 0 Å². The molecule has 0 aliphatic heterocycles. The van der Waals surface area contributed by atoms with Crippen molar-refractivity contribution in [2.24, 2.45) is 0 Å². The van der Waals surface area contributed by atoms with Crippen LogP contribution in [0.1, 0.15) is 0 Å². The summed E-state index contributed by atoms with van der Waals surface area (Å²) < 4.78 is 19.9. The average molecular weight is 310 g/mol. The number of benzene rings is 3. The van der Waals surface area contributed by atoms with Gasteiger partial charge in [-0.2, -0.15) is 0 Å². The summed E-state index contributed by atoms with van der Waals surface area (Å²) in [5.74, 6) is -0.0301. The van der Waals surface area contributed by atoms with Gasteiger partial charge in [-0.25, -0.2) is 4.39 Å². The Bertz CT molecular complexity index is 848. The molecule has 0 unspecified atom stereocenters. The molecule has 1 aromatic heterocycles. The van der Waals surface area contributed by atoms with E-state index in [1.807, 2.05) is 11.3 Å². The summed E-state index contributed by atoms with van der Waals surface area (Å²) in [5, 5.41) is 2.76. The van der Waals surface area contributed by atoms with Crippen LogP contribution in [0.3, 0.4) is 0 Å². The normalized spacial score (nSPS) is 10.3. The van der Waals surface area contributed by atoms with Crippen LogP contribution in [0.2, 0.25) is 0 Å². The van der Waals surface area contributed by atoms with Gasteiger partial charge in [0, 0.05) is 20.2 Å². The van der Waals surface area contributed by atoms with Gasteiger partial charge in [0.1, 0.15) is 0 Å². The van der Waals surface area contributed by atoms with Crippen LogP contribution in [-0.2, 0) is 0 Å². The van der Waals surface area contributed by atoms with Crippen molar-refractivity contribution in [1.29, 1.82) is 0 Å². The molecule has 4 aromatic rings. The van der Waals surface area contributed by atoms with Crippen molar-refractivity contribution >= 4 is 31.5 Å². The van der Waals surface area contributed by atoms with E-state index in [-0.39, 0.29) is 11.6 Å². The highest BCUT2D eigenvalue weighted by Crippen LogP contribution is 2.32. The first-order valence-corrected chi connectivity index (χ1v) is 7.76. The maximum absolute atomic E-state index is 12.5. The number of rotatable bonds is 1. The molecule has 22 heavy (non-hydrogen) atoms. The number of ether oxygens (including phenoxy) is 1. The standard InChI is InChI=1S/C12H8S.C7H7FO/c1-3-7-11-9(5-1)10-6-2-4-8-12(10)13-11;1-9-7-5-3-2-4-6(7)8/h1-8H;2-5H,1H3. The molecule has 0 aliphatic carbocycles. The average Bonchev–Trinajstić information content (AvgIpc) is 2.95. The molecule has 1 nitrogen and oxygen atoms in total. The van der Waals surface area contributed by atoms with Crippen LogP contribution in [0, 0.1) is 5.82 Å². The van der Waals surface area contributed by atoms with Gasteiger partial charge in [-0.1, -0.05) is 48.5 Å². The summed E-state index contributed by atoms with van der Waals surface area (Å²) in [6.07, 6.45) is 0. The molecular weight excluding hydrogens is 295 g/mol. The Labute approximate surface area is 132 Å². The first kappa shape index (κ1) is 14.5. The van der Waals surface area contributed by atoms with Crippen molar-refractivity contribution < 1.29 is 9.13 Å². The van der Waals surface area contributed by atoms with Crippen LogP contribution in [0.25, 0.3) is 20.2 Å².